The van der Waals surface area contributed by atoms with E-state index in [2.05, 4.69) is 29.1 Å². The molecule has 0 bridgehead atoms. The van der Waals surface area contributed by atoms with E-state index in [0.717, 1.165) is 35.7 Å². The second kappa shape index (κ2) is 6.09. The molecule has 6 heteroatoms. The SMILES string of the molecule is CN(C)C1C[C@@H]2CC(N(C)C(=O)c3cnc4cnn(C)c4c3)C[C@@H]2C1. The van der Waals surface area contributed by atoms with Gasteiger partial charge in [0.05, 0.1) is 17.3 Å². The summed E-state index contributed by atoms with van der Waals surface area (Å²) in [5.74, 6) is 1.61. The van der Waals surface area contributed by atoms with Crippen molar-refractivity contribution >= 4 is 16.9 Å². The second-order valence-electron chi connectivity index (χ2n) is 8.05. The number of carbonyl (C=O) groups excluding carboxylic acids is 1. The van der Waals surface area contributed by atoms with Crippen LogP contribution in [0.2, 0.25) is 0 Å². The van der Waals surface area contributed by atoms with Crippen molar-refractivity contribution in [2.75, 3.05) is 21.1 Å². The molecule has 134 valence electrons. The molecule has 2 aliphatic carbocycles. The normalized spacial score (nSPS) is 28.7. The Morgan fingerprint density at radius 1 is 1.08 bits per heavy atom. The average molecular weight is 341 g/mol. The Hall–Kier alpha value is -1.95. The number of rotatable bonds is 3. The van der Waals surface area contributed by atoms with E-state index in [1.807, 2.05) is 25.1 Å². The van der Waals surface area contributed by atoms with Gasteiger partial charge >= 0.3 is 0 Å². The summed E-state index contributed by atoms with van der Waals surface area (Å²) in [6, 6.07) is 2.98. The molecule has 0 radical (unpaired) electrons. The fraction of sp³-hybridized carbons (Fsp3) is 0.632. The Bertz CT molecular complexity index is 784. The smallest absolute Gasteiger partial charge is 0.255 e. The lowest BCUT2D eigenvalue weighted by atomic mass is 10.0. The zero-order valence-electron chi connectivity index (χ0n) is 15.5. The van der Waals surface area contributed by atoms with Gasteiger partial charge < -0.3 is 9.80 Å². The first-order valence-electron chi connectivity index (χ1n) is 9.15. The molecule has 4 rings (SSSR count). The highest BCUT2D eigenvalue weighted by Crippen LogP contribution is 2.46. The predicted molar refractivity (Wildman–Crippen MR) is 97.3 cm³/mol. The van der Waals surface area contributed by atoms with Crippen LogP contribution < -0.4 is 0 Å². The number of aromatic nitrogens is 3. The summed E-state index contributed by atoms with van der Waals surface area (Å²) in [4.78, 5) is 21.6. The summed E-state index contributed by atoms with van der Waals surface area (Å²) in [5.41, 5.74) is 2.38. The maximum Gasteiger partial charge on any atom is 0.255 e. The molecule has 2 heterocycles. The Kier molecular flexibility index (Phi) is 4.02. The average Bonchev–Trinajstić information content (AvgIpc) is 3.26. The Balaban J connectivity index is 1.47. The first-order valence-corrected chi connectivity index (χ1v) is 9.15. The topological polar surface area (TPSA) is 54.3 Å². The van der Waals surface area contributed by atoms with Gasteiger partial charge in [0.15, 0.2) is 0 Å². The van der Waals surface area contributed by atoms with Crippen molar-refractivity contribution in [1.29, 1.82) is 0 Å². The van der Waals surface area contributed by atoms with Gasteiger partial charge in [-0.1, -0.05) is 0 Å². The summed E-state index contributed by atoms with van der Waals surface area (Å²) >= 11 is 0. The lowest BCUT2D eigenvalue weighted by Gasteiger charge is -2.27. The van der Waals surface area contributed by atoms with Crippen LogP contribution in [0, 0.1) is 11.8 Å². The van der Waals surface area contributed by atoms with Crippen molar-refractivity contribution in [1.82, 2.24) is 24.6 Å². The van der Waals surface area contributed by atoms with Crippen molar-refractivity contribution in [3.63, 3.8) is 0 Å². The molecule has 1 amide bonds. The molecule has 2 fully saturated rings. The fourth-order valence-corrected chi connectivity index (χ4v) is 4.80. The third-order valence-corrected chi connectivity index (χ3v) is 6.41. The standard InChI is InChI=1S/C19H27N5O/c1-22(2)15-5-12-7-16(8-13(12)6-15)23(3)19(25)14-9-18-17(20-10-14)11-21-24(18)4/h9-13,15-16H,5-8H2,1-4H3/t12-,13+,15?,16?. The van der Waals surface area contributed by atoms with E-state index in [1.165, 1.54) is 12.8 Å². The monoisotopic (exact) mass is 341 g/mol. The number of pyridine rings is 1. The van der Waals surface area contributed by atoms with Crippen molar-refractivity contribution < 1.29 is 4.79 Å². The summed E-state index contributed by atoms with van der Waals surface area (Å²) < 4.78 is 1.76. The molecule has 0 aliphatic heterocycles. The van der Waals surface area contributed by atoms with Crippen LogP contribution in [-0.4, -0.2) is 63.7 Å². The largest absolute Gasteiger partial charge is 0.339 e. The van der Waals surface area contributed by atoms with Crippen LogP contribution in [0.15, 0.2) is 18.5 Å². The van der Waals surface area contributed by atoms with Crippen LogP contribution in [0.4, 0.5) is 0 Å². The molecule has 0 saturated heterocycles. The quantitative estimate of drug-likeness (QED) is 0.858. The third kappa shape index (κ3) is 2.82. The molecule has 4 atom stereocenters. The van der Waals surface area contributed by atoms with Gasteiger partial charge in [-0.25, -0.2) is 0 Å². The third-order valence-electron chi connectivity index (χ3n) is 6.41. The second-order valence-corrected chi connectivity index (χ2v) is 8.05. The predicted octanol–water partition coefficient (Wildman–Crippen LogP) is 2.16. The lowest BCUT2D eigenvalue weighted by Crippen LogP contribution is -2.36. The molecular weight excluding hydrogens is 314 g/mol. The molecule has 0 N–H and O–H groups in total. The molecule has 2 aliphatic rings. The molecule has 2 unspecified atom stereocenters. The molecule has 0 spiro atoms. The van der Waals surface area contributed by atoms with Crippen LogP contribution in [-0.2, 0) is 7.05 Å². The van der Waals surface area contributed by atoms with Crippen molar-refractivity contribution in [3.05, 3.63) is 24.0 Å². The number of amides is 1. The number of hydrogen-bond donors (Lipinski definition) is 0. The van der Waals surface area contributed by atoms with Gasteiger partial charge in [0.2, 0.25) is 0 Å². The zero-order valence-corrected chi connectivity index (χ0v) is 15.5. The van der Waals surface area contributed by atoms with Crippen LogP contribution in [0.3, 0.4) is 0 Å². The summed E-state index contributed by atoms with van der Waals surface area (Å²) in [6.45, 7) is 0. The summed E-state index contributed by atoms with van der Waals surface area (Å²) in [6.07, 6.45) is 8.24. The fourth-order valence-electron chi connectivity index (χ4n) is 4.80. The van der Waals surface area contributed by atoms with Crippen molar-refractivity contribution in [3.8, 4) is 0 Å². The number of nitrogens with zero attached hydrogens (tertiary/aromatic N) is 5. The highest BCUT2D eigenvalue weighted by atomic mass is 16.2. The first-order chi connectivity index (χ1) is 11.9. The number of hydrogen-bond acceptors (Lipinski definition) is 4. The molecule has 6 nitrogen and oxygen atoms in total. The van der Waals surface area contributed by atoms with E-state index in [0.29, 0.717) is 17.6 Å². The lowest BCUT2D eigenvalue weighted by molar-refractivity contribution is 0.0726. The number of carbonyl (C=O) groups is 1. The van der Waals surface area contributed by atoms with Crippen LogP contribution in [0.5, 0.6) is 0 Å². The van der Waals surface area contributed by atoms with Crippen LogP contribution in [0.25, 0.3) is 11.0 Å². The van der Waals surface area contributed by atoms with Gasteiger partial charge in [0.25, 0.3) is 5.91 Å². The van der Waals surface area contributed by atoms with Gasteiger partial charge in [-0.3, -0.25) is 14.5 Å². The molecular formula is C19H27N5O. The molecule has 2 saturated carbocycles. The molecule has 25 heavy (non-hydrogen) atoms. The van der Waals surface area contributed by atoms with E-state index < -0.39 is 0 Å². The highest BCUT2D eigenvalue weighted by Gasteiger charge is 2.44. The minimum absolute atomic E-state index is 0.0738. The van der Waals surface area contributed by atoms with E-state index in [1.54, 1.807) is 17.1 Å². The van der Waals surface area contributed by atoms with Gasteiger partial charge in [-0.2, -0.15) is 5.10 Å². The van der Waals surface area contributed by atoms with E-state index >= 15 is 0 Å². The molecule has 2 aromatic rings. The summed E-state index contributed by atoms with van der Waals surface area (Å²) in [5, 5.41) is 4.20. The Morgan fingerprint density at radius 2 is 1.72 bits per heavy atom. The molecule has 2 aromatic heterocycles. The number of fused-ring (bicyclic) bond motifs is 2. The zero-order chi connectivity index (χ0) is 17.7. The van der Waals surface area contributed by atoms with Crippen molar-refractivity contribution in [2.24, 2.45) is 18.9 Å². The maximum absolute atomic E-state index is 12.9. The highest BCUT2D eigenvalue weighted by molar-refractivity contribution is 5.96. The van der Waals surface area contributed by atoms with Crippen molar-refractivity contribution in [2.45, 2.75) is 37.8 Å². The Labute approximate surface area is 148 Å². The van der Waals surface area contributed by atoms with Crippen LogP contribution in [0.1, 0.15) is 36.0 Å². The molecule has 0 aromatic carbocycles. The van der Waals surface area contributed by atoms with Gasteiger partial charge in [0, 0.05) is 32.4 Å². The van der Waals surface area contributed by atoms with Gasteiger partial charge in [-0.15, -0.1) is 0 Å². The van der Waals surface area contributed by atoms with E-state index in [-0.39, 0.29) is 5.91 Å². The minimum atomic E-state index is 0.0738. The minimum Gasteiger partial charge on any atom is -0.339 e. The van der Waals surface area contributed by atoms with E-state index in [9.17, 15) is 4.79 Å². The Morgan fingerprint density at radius 3 is 2.36 bits per heavy atom. The maximum atomic E-state index is 12.9. The number of aryl methyl sites for hydroxylation is 1. The van der Waals surface area contributed by atoms with E-state index in [4.69, 9.17) is 0 Å². The van der Waals surface area contributed by atoms with Gasteiger partial charge in [0.1, 0.15) is 5.52 Å². The first kappa shape index (κ1) is 16.5. The van der Waals surface area contributed by atoms with Gasteiger partial charge in [-0.05, 0) is 57.7 Å². The summed E-state index contributed by atoms with van der Waals surface area (Å²) in [7, 11) is 8.19. The van der Waals surface area contributed by atoms with Crippen LogP contribution >= 0.6 is 0 Å².